The monoisotopic (exact) mass is 501 g/mol. The summed E-state index contributed by atoms with van der Waals surface area (Å²) >= 11 is 3.58. The van der Waals surface area contributed by atoms with E-state index in [1.54, 1.807) is 12.0 Å². The smallest absolute Gasteiger partial charge is 0.340 e. The highest BCUT2D eigenvalue weighted by Gasteiger charge is 2.29. The lowest BCUT2D eigenvalue weighted by molar-refractivity contribution is -1.02. The molecular formula is C25H32BrN3O3+2. The number of piperazine rings is 1. The molecule has 1 aliphatic heterocycles. The second kappa shape index (κ2) is 10.1. The van der Waals surface area contributed by atoms with Gasteiger partial charge in [0.15, 0.2) is 0 Å². The first kappa shape index (κ1) is 22.8. The second-order valence-corrected chi connectivity index (χ2v) is 9.30. The predicted molar refractivity (Wildman–Crippen MR) is 128 cm³/mol. The van der Waals surface area contributed by atoms with Crippen molar-refractivity contribution in [2.24, 2.45) is 7.05 Å². The van der Waals surface area contributed by atoms with Crippen LogP contribution in [0.15, 0.2) is 46.9 Å². The number of esters is 1. The fourth-order valence-corrected chi connectivity index (χ4v) is 5.21. The average Bonchev–Trinajstić information content (AvgIpc) is 3.06. The summed E-state index contributed by atoms with van der Waals surface area (Å²) in [6, 6.07) is 14.7. The number of nitrogens with zero attached hydrogens (tertiary/aromatic N) is 1. The van der Waals surface area contributed by atoms with E-state index in [0.717, 1.165) is 60.3 Å². The largest absolute Gasteiger partial charge is 0.496 e. The van der Waals surface area contributed by atoms with E-state index in [0.29, 0.717) is 17.9 Å². The van der Waals surface area contributed by atoms with Crippen molar-refractivity contribution in [2.45, 2.75) is 20.0 Å². The molecule has 32 heavy (non-hydrogen) atoms. The van der Waals surface area contributed by atoms with Gasteiger partial charge < -0.3 is 23.8 Å². The number of ether oxygens (including phenoxy) is 2. The van der Waals surface area contributed by atoms with Crippen LogP contribution in [0.25, 0.3) is 10.9 Å². The molecule has 0 aliphatic carbocycles. The first-order chi connectivity index (χ1) is 15.5. The summed E-state index contributed by atoms with van der Waals surface area (Å²) in [6.45, 7) is 8.50. The van der Waals surface area contributed by atoms with Crippen molar-refractivity contribution in [2.75, 3.05) is 39.9 Å². The summed E-state index contributed by atoms with van der Waals surface area (Å²) in [5, 5.41) is 0.883. The maximum absolute atomic E-state index is 13.0. The summed E-state index contributed by atoms with van der Waals surface area (Å²) in [5.41, 5.74) is 4.09. The molecule has 1 saturated heterocycles. The van der Waals surface area contributed by atoms with E-state index in [1.807, 2.05) is 26.1 Å². The van der Waals surface area contributed by atoms with E-state index in [2.05, 4.69) is 50.8 Å². The number of halogens is 1. The van der Waals surface area contributed by atoms with Gasteiger partial charge in [-0.2, -0.15) is 0 Å². The van der Waals surface area contributed by atoms with Crippen molar-refractivity contribution < 1.29 is 24.1 Å². The van der Waals surface area contributed by atoms with Crippen LogP contribution >= 0.6 is 15.9 Å². The van der Waals surface area contributed by atoms with Crippen LogP contribution in [0.3, 0.4) is 0 Å². The molecule has 2 aromatic carbocycles. The van der Waals surface area contributed by atoms with Crippen LogP contribution < -0.4 is 14.5 Å². The Balaban J connectivity index is 1.56. The van der Waals surface area contributed by atoms with Crippen LogP contribution in [0.5, 0.6) is 5.75 Å². The van der Waals surface area contributed by atoms with Gasteiger partial charge in [0.25, 0.3) is 0 Å². The van der Waals surface area contributed by atoms with Gasteiger partial charge in [-0.05, 0) is 35.0 Å². The Labute approximate surface area is 197 Å². The molecule has 0 amide bonds. The zero-order valence-electron chi connectivity index (χ0n) is 19.0. The summed E-state index contributed by atoms with van der Waals surface area (Å²) in [6.07, 6.45) is 0. The van der Waals surface area contributed by atoms with Crippen LogP contribution in [-0.2, 0) is 24.9 Å². The third-order valence-corrected chi connectivity index (χ3v) is 7.07. The van der Waals surface area contributed by atoms with E-state index in [-0.39, 0.29) is 5.97 Å². The van der Waals surface area contributed by atoms with Gasteiger partial charge in [-0.15, -0.1) is 0 Å². The molecule has 4 rings (SSSR count). The average molecular weight is 502 g/mol. The highest BCUT2D eigenvalue weighted by molar-refractivity contribution is 9.10. The highest BCUT2D eigenvalue weighted by atomic mass is 79.9. The minimum Gasteiger partial charge on any atom is -0.496 e. The summed E-state index contributed by atoms with van der Waals surface area (Å²) in [7, 11) is 3.68. The Morgan fingerprint density at radius 2 is 1.72 bits per heavy atom. The minimum atomic E-state index is -0.259. The van der Waals surface area contributed by atoms with Crippen LogP contribution in [0, 0.1) is 0 Å². The lowest BCUT2D eigenvalue weighted by atomic mass is 10.1. The van der Waals surface area contributed by atoms with Gasteiger partial charge in [-0.1, -0.05) is 30.3 Å². The van der Waals surface area contributed by atoms with Gasteiger partial charge >= 0.3 is 5.97 Å². The van der Waals surface area contributed by atoms with Gasteiger partial charge in [0, 0.05) is 18.0 Å². The molecule has 0 radical (unpaired) electrons. The number of methoxy groups -OCH3 is 1. The van der Waals surface area contributed by atoms with Crippen molar-refractivity contribution in [3.05, 3.63) is 63.8 Å². The molecule has 0 bridgehead atoms. The Hall–Kier alpha value is -2.35. The summed E-state index contributed by atoms with van der Waals surface area (Å²) < 4.78 is 14.0. The van der Waals surface area contributed by atoms with Gasteiger partial charge in [0.2, 0.25) is 0 Å². The number of benzene rings is 2. The molecule has 1 aromatic heterocycles. The Morgan fingerprint density at radius 1 is 1.06 bits per heavy atom. The summed E-state index contributed by atoms with van der Waals surface area (Å²) in [4.78, 5) is 16.1. The fourth-order valence-electron chi connectivity index (χ4n) is 4.72. The highest BCUT2D eigenvalue weighted by Crippen LogP contribution is 2.35. The van der Waals surface area contributed by atoms with Crippen LogP contribution in [0.4, 0.5) is 0 Å². The normalized spacial score (nSPS) is 18.6. The van der Waals surface area contributed by atoms with Crippen LogP contribution in [0.2, 0.25) is 0 Å². The van der Waals surface area contributed by atoms with E-state index in [9.17, 15) is 4.79 Å². The Kier molecular flexibility index (Phi) is 7.18. The zero-order chi connectivity index (χ0) is 22.7. The molecule has 1 aliphatic rings. The quantitative estimate of drug-likeness (QED) is 0.483. The van der Waals surface area contributed by atoms with Gasteiger partial charge in [0.1, 0.15) is 45.0 Å². The van der Waals surface area contributed by atoms with E-state index in [4.69, 9.17) is 9.47 Å². The molecular weight excluding hydrogens is 470 g/mol. The lowest BCUT2D eigenvalue weighted by Gasteiger charge is -2.30. The van der Waals surface area contributed by atoms with Gasteiger partial charge in [-0.3, -0.25) is 0 Å². The number of nitrogens with one attached hydrogen (secondary N) is 2. The molecule has 0 atom stereocenters. The van der Waals surface area contributed by atoms with Crippen LogP contribution in [-0.4, -0.2) is 50.4 Å². The minimum absolute atomic E-state index is 0.259. The van der Waals surface area contributed by atoms with Crippen molar-refractivity contribution in [1.82, 2.24) is 4.57 Å². The molecule has 0 unspecified atom stereocenters. The maximum atomic E-state index is 13.0. The first-order valence-corrected chi connectivity index (χ1v) is 12.0. The number of aryl methyl sites for hydroxylation is 1. The molecule has 0 spiro atoms. The zero-order valence-corrected chi connectivity index (χ0v) is 20.6. The molecule has 7 heteroatoms. The second-order valence-electron chi connectivity index (χ2n) is 8.44. The topological polar surface area (TPSA) is 49.3 Å². The van der Waals surface area contributed by atoms with Gasteiger partial charge in [0.05, 0.1) is 35.0 Å². The number of aromatic nitrogens is 1. The molecule has 0 saturated carbocycles. The number of carbonyl (C=O) groups excluding carboxylic acids is 1. The standard InChI is InChI=1S/C25H30BrN3O3/c1-4-32-25(30)24-19-14-23(31-3)20(26)15-21(19)27(2)22(24)17-29-12-10-28(11-13-29)16-18-8-6-5-7-9-18/h5-9,14-15H,4,10-13,16-17H2,1-3H3/p+2. The molecule has 1 fully saturated rings. The summed E-state index contributed by atoms with van der Waals surface area (Å²) in [5.74, 6) is 0.455. The van der Waals surface area contributed by atoms with Gasteiger partial charge in [-0.25, -0.2) is 4.79 Å². The first-order valence-electron chi connectivity index (χ1n) is 11.2. The number of fused-ring (bicyclic) bond motifs is 1. The Morgan fingerprint density at radius 3 is 2.34 bits per heavy atom. The molecule has 2 heterocycles. The number of rotatable bonds is 7. The predicted octanol–water partition coefficient (Wildman–Crippen LogP) is 1.61. The third-order valence-electron chi connectivity index (χ3n) is 6.45. The van der Waals surface area contributed by atoms with E-state index >= 15 is 0 Å². The fraction of sp³-hybridized carbons (Fsp3) is 0.400. The SMILES string of the molecule is CCOC(=O)c1c(C[NH+]2CC[NH+](Cc3ccccc3)CC2)n(C)c2cc(Br)c(OC)cc12. The Bertz CT molecular complexity index is 1090. The van der Waals surface area contributed by atoms with E-state index < -0.39 is 0 Å². The molecule has 170 valence electrons. The lowest BCUT2D eigenvalue weighted by Crippen LogP contribution is -3.27. The third kappa shape index (κ3) is 4.70. The molecule has 2 N–H and O–H groups in total. The molecule has 6 nitrogen and oxygen atoms in total. The van der Waals surface area contributed by atoms with Crippen molar-refractivity contribution in [3.63, 3.8) is 0 Å². The molecule has 3 aromatic rings. The number of carbonyl (C=O) groups is 1. The number of quaternary nitrogens is 2. The van der Waals surface area contributed by atoms with Crippen LogP contribution in [0.1, 0.15) is 28.5 Å². The number of hydrogen-bond acceptors (Lipinski definition) is 3. The van der Waals surface area contributed by atoms with E-state index in [1.165, 1.54) is 10.5 Å². The number of hydrogen-bond donors (Lipinski definition) is 2. The van der Waals surface area contributed by atoms with Crippen molar-refractivity contribution in [3.8, 4) is 5.75 Å². The maximum Gasteiger partial charge on any atom is 0.340 e. The van der Waals surface area contributed by atoms with Crippen molar-refractivity contribution in [1.29, 1.82) is 0 Å². The van der Waals surface area contributed by atoms with Crippen molar-refractivity contribution >= 4 is 32.8 Å².